The molecule has 1 amide bonds. The van der Waals surface area contributed by atoms with E-state index >= 15 is 0 Å². The minimum atomic E-state index is -0.163. The van der Waals surface area contributed by atoms with Crippen molar-refractivity contribution >= 4 is 39.7 Å². The summed E-state index contributed by atoms with van der Waals surface area (Å²) in [7, 11) is 0. The van der Waals surface area contributed by atoms with Gasteiger partial charge in [-0.15, -0.1) is 11.3 Å². The van der Waals surface area contributed by atoms with Crippen LogP contribution in [0.2, 0.25) is 0 Å². The van der Waals surface area contributed by atoms with E-state index in [0.29, 0.717) is 30.5 Å². The SMILES string of the molecule is CCCc1cc(C(=O)Nc2cccc(CCC(=O)c3sccc3Cc3ccnc4[nH]ccc34)c2)ccn1. The normalized spacial score (nSPS) is 11.1. The van der Waals surface area contributed by atoms with E-state index < -0.39 is 0 Å². The minimum absolute atomic E-state index is 0.138. The van der Waals surface area contributed by atoms with Gasteiger partial charge in [-0.2, -0.15) is 0 Å². The van der Waals surface area contributed by atoms with E-state index in [4.69, 9.17) is 0 Å². The summed E-state index contributed by atoms with van der Waals surface area (Å²) in [6.07, 6.45) is 8.89. The fraction of sp³-hybridized carbons (Fsp3) is 0.200. The summed E-state index contributed by atoms with van der Waals surface area (Å²) >= 11 is 1.50. The van der Waals surface area contributed by atoms with Gasteiger partial charge in [-0.1, -0.05) is 25.5 Å². The summed E-state index contributed by atoms with van der Waals surface area (Å²) in [6.45, 7) is 2.09. The highest BCUT2D eigenvalue weighted by Crippen LogP contribution is 2.26. The Morgan fingerprint density at radius 1 is 0.973 bits per heavy atom. The van der Waals surface area contributed by atoms with Crippen LogP contribution in [0, 0.1) is 0 Å². The van der Waals surface area contributed by atoms with Crippen LogP contribution in [0.5, 0.6) is 0 Å². The van der Waals surface area contributed by atoms with Crippen molar-refractivity contribution in [2.24, 2.45) is 0 Å². The Labute approximate surface area is 219 Å². The molecule has 7 heteroatoms. The van der Waals surface area contributed by atoms with Crippen molar-refractivity contribution in [3.63, 3.8) is 0 Å². The Balaban J connectivity index is 1.22. The van der Waals surface area contributed by atoms with Crippen molar-refractivity contribution in [1.29, 1.82) is 0 Å². The van der Waals surface area contributed by atoms with Gasteiger partial charge in [0.1, 0.15) is 5.65 Å². The molecule has 0 saturated carbocycles. The van der Waals surface area contributed by atoms with Crippen LogP contribution in [0.4, 0.5) is 5.69 Å². The second-order valence-electron chi connectivity index (χ2n) is 9.03. The zero-order chi connectivity index (χ0) is 25.6. The number of Topliss-reactive ketones (excluding diaryl/α,β-unsaturated/α-hetero) is 1. The van der Waals surface area contributed by atoms with Gasteiger partial charge in [0, 0.05) is 47.3 Å². The minimum Gasteiger partial charge on any atom is -0.346 e. The van der Waals surface area contributed by atoms with E-state index in [1.807, 2.05) is 60.1 Å². The molecule has 0 radical (unpaired) electrons. The largest absolute Gasteiger partial charge is 0.346 e. The number of H-pyrrole nitrogens is 1. The molecule has 0 aliphatic heterocycles. The van der Waals surface area contributed by atoms with Crippen molar-refractivity contribution in [3.05, 3.63) is 111 Å². The van der Waals surface area contributed by atoms with Gasteiger partial charge < -0.3 is 10.3 Å². The summed E-state index contributed by atoms with van der Waals surface area (Å²) in [5.41, 5.74) is 6.29. The summed E-state index contributed by atoms with van der Waals surface area (Å²) < 4.78 is 0. The molecule has 2 N–H and O–H groups in total. The van der Waals surface area contributed by atoms with E-state index in [0.717, 1.165) is 51.1 Å². The van der Waals surface area contributed by atoms with Gasteiger partial charge >= 0.3 is 0 Å². The number of nitrogens with one attached hydrogen (secondary N) is 2. The second kappa shape index (κ2) is 11.3. The number of carbonyl (C=O) groups is 2. The average molecular weight is 509 g/mol. The number of aromatic nitrogens is 3. The number of pyridine rings is 2. The third-order valence-corrected chi connectivity index (χ3v) is 7.34. The highest BCUT2D eigenvalue weighted by Gasteiger charge is 2.15. The lowest BCUT2D eigenvalue weighted by Crippen LogP contribution is -2.12. The number of ketones is 1. The van der Waals surface area contributed by atoms with E-state index in [1.165, 1.54) is 11.3 Å². The van der Waals surface area contributed by atoms with Crippen LogP contribution in [0.15, 0.2) is 78.6 Å². The number of hydrogen-bond donors (Lipinski definition) is 2. The van der Waals surface area contributed by atoms with Gasteiger partial charge in [0.2, 0.25) is 0 Å². The van der Waals surface area contributed by atoms with Crippen molar-refractivity contribution in [1.82, 2.24) is 15.0 Å². The van der Waals surface area contributed by atoms with Crippen LogP contribution in [0.3, 0.4) is 0 Å². The number of anilines is 1. The monoisotopic (exact) mass is 508 g/mol. The van der Waals surface area contributed by atoms with Gasteiger partial charge in [-0.3, -0.25) is 14.6 Å². The Hall–Kier alpha value is -4.10. The van der Waals surface area contributed by atoms with E-state index in [2.05, 4.69) is 27.2 Å². The first-order valence-corrected chi connectivity index (χ1v) is 13.3. The van der Waals surface area contributed by atoms with Gasteiger partial charge in [0.25, 0.3) is 5.91 Å². The van der Waals surface area contributed by atoms with Crippen LogP contribution in [0.25, 0.3) is 11.0 Å². The molecule has 0 spiro atoms. The number of aryl methyl sites for hydroxylation is 2. The number of benzene rings is 1. The summed E-state index contributed by atoms with van der Waals surface area (Å²) in [4.78, 5) is 38.5. The molecular weight excluding hydrogens is 480 g/mol. The van der Waals surface area contributed by atoms with Crippen molar-refractivity contribution in [2.75, 3.05) is 5.32 Å². The van der Waals surface area contributed by atoms with Gasteiger partial charge in [0.15, 0.2) is 5.78 Å². The van der Waals surface area contributed by atoms with E-state index in [1.54, 1.807) is 18.5 Å². The smallest absolute Gasteiger partial charge is 0.255 e. The Kier molecular flexibility index (Phi) is 7.51. The first-order valence-electron chi connectivity index (χ1n) is 12.5. The molecule has 5 aromatic rings. The summed E-state index contributed by atoms with van der Waals surface area (Å²) in [5, 5.41) is 6.04. The maximum atomic E-state index is 13.2. The third-order valence-electron chi connectivity index (χ3n) is 6.34. The molecular formula is C30H28N4O2S. The fourth-order valence-electron chi connectivity index (χ4n) is 4.49. The molecule has 0 bridgehead atoms. The third kappa shape index (κ3) is 5.84. The summed E-state index contributed by atoms with van der Waals surface area (Å²) in [5.74, 6) is -0.0251. The lowest BCUT2D eigenvalue weighted by Gasteiger charge is -2.09. The molecule has 0 atom stereocenters. The second-order valence-corrected chi connectivity index (χ2v) is 9.94. The van der Waals surface area contributed by atoms with Crippen molar-refractivity contribution < 1.29 is 9.59 Å². The number of fused-ring (bicyclic) bond motifs is 1. The topological polar surface area (TPSA) is 87.7 Å². The van der Waals surface area contributed by atoms with Crippen LogP contribution >= 0.6 is 11.3 Å². The maximum Gasteiger partial charge on any atom is 0.255 e. The number of amides is 1. The molecule has 0 aliphatic rings. The number of hydrogen-bond acceptors (Lipinski definition) is 5. The molecule has 6 nitrogen and oxygen atoms in total. The van der Waals surface area contributed by atoms with Crippen LogP contribution in [-0.4, -0.2) is 26.6 Å². The van der Waals surface area contributed by atoms with E-state index in [-0.39, 0.29) is 11.7 Å². The maximum absolute atomic E-state index is 13.2. The molecule has 0 fully saturated rings. The van der Waals surface area contributed by atoms with Crippen molar-refractivity contribution in [2.45, 2.75) is 39.0 Å². The highest BCUT2D eigenvalue weighted by atomic mass is 32.1. The number of carbonyl (C=O) groups excluding carboxylic acids is 2. The molecule has 186 valence electrons. The highest BCUT2D eigenvalue weighted by molar-refractivity contribution is 7.12. The molecule has 37 heavy (non-hydrogen) atoms. The molecule has 4 aromatic heterocycles. The Morgan fingerprint density at radius 3 is 2.76 bits per heavy atom. The lowest BCUT2D eigenvalue weighted by atomic mass is 10.0. The lowest BCUT2D eigenvalue weighted by molar-refractivity contribution is 0.0984. The molecule has 1 aromatic carbocycles. The fourth-order valence-corrected chi connectivity index (χ4v) is 5.38. The summed E-state index contributed by atoms with van der Waals surface area (Å²) in [6, 6.07) is 17.3. The van der Waals surface area contributed by atoms with Crippen molar-refractivity contribution in [3.8, 4) is 0 Å². The number of nitrogens with zero attached hydrogens (tertiary/aromatic N) is 2. The van der Waals surface area contributed by atoms with E-state index in [9.17, 15) is 9.59 Å². The Bertz CT molecular complexity index is 1550. The zero-order valence-electron chi connectivity index (χ0n) is 20.7. The first-order chi connectivity index (χ1) is 18.1. The first kappa shape index (κ1) is 24.6. The number of aromatic amines is 1. The van der Waals surface area contributed by atoms with Crippen LogP contribution in [0.1, 0.15) is 62.2 Å². The molecule has 0 unspecified atom stereocenters. The Morgan fingerprint density at radius 2 is 1.86 bits per heavy atom. The number of thiophene rings is 1. The zero-order valence-corrected chi connectivity index (χ0v) is 21.5. The molecule has 4 heterocycles. The predicted octanol–water partition coefficient (Wildman–Crippen LogP) is 6.63. The van der Waals surface area contributed by atoms with Gasteiger partial charge in [0.05, 0.1) is 4.88 Å². The standard InChI is InChI=1S/C30H28N4O2S/c1-2-4-24-19-23(10-13-31-24)30(36)34-25-6-3-5-20(17-25)7-8-27(35)28-22(12-16-37-28)18-21-9-14-32-29-26(21)11-15-33-29/h3,5-6,9-17,19H,2,4,7-8,18H2,1H3,(H,32,33)(H,34,36). The average Bonchev–Trinajstić information content (AvgIpc) is 3.58. The van der Waals surface area contributed by atoms with Gasteiger partial charge in [-0.25, -0.2) is 4.98 Å². The quantitative estimate of drug-likeness (QED) is 0.207. The molecule has 5 rings (SSSR count). The number of rotatable bonds is 10. The van der Waals surface area contributed by atoms with Gasteiger partial charge in [-0.05, 0) is 83.8 Å². The van der Waals surface area contributed by atoms with Crippen LogP contribution in [-0.2, 0) is 19.3 Å². The molecule has 0 aliphatic carbocycles. The van der Waals surface area contributed by atoms with Crippen LogP contribution < -0.4 is 5.32 Å². The molecule has 0 saturated heterocycles. The predicted molar refractivity (Wildman–Crippen MR) is 148 cm³/mol.